The van der Waals surface area contributed by atoms with Crippen LogP contribution in [0.4, 0.5) is 5.69 Å². The van der Waals surface area contributed by atoms with Crippen LogP contribution >= 0.6 is 0 Å². The highest BCUT2D eigenvalue weighted by atomic mass is 16.5. The number of anilines is 1. The Morgan fingerprint density at radius 1 is 0.919 bits per heavy atom. The van der Waals surface area contributed by atoms with Gasteiger partial charge in [0.25, 0.3) is 0 Å². The van der Waals surface area contributed by atoms with Gasteiger partial charge in [0.05, 0.1) is 27.6 Å². The number of rotatable bonds is 8. The van der Waals surface area contributed by atoms with Crippen LogP contribution in [0.25, 0.3) is 27.7 Å². The minimum atomic E-state index is -0.315. The van der Waals surface area contributed by atoms with Gasteiger partial charge in [0.1, 0.15) is 11.3 Å². The molecule has 4 rings (SSSR count). The highest BCUT2D eigenvalue weighted by Crippen LogP contribution is 2.42. The largest absolute Gasteiger partial charge is 0.496 e. The number of hydrogen-bond donors (Lipinski definition) is 1. The van der Waals surface area contributed by atoms with Crippen molar-refractivity contribution in [1.82, 2.24) is 0 Å². The number of nitrogens with one attached hydrogen (secondary N) is 1. The number of methoxy groups -OCH3 is 3. The van der Waals surface area contributed by atoms with E-state index in [4.69, 9.17) is 18.6 Å². The number of ether oxygens (including phenoxy) is 3. The van der Waals surface area contributed by atoms with Gasteiger partial charge in [-0.3, -0.25) is 9.59 Å². The molecule has 0 spiro atoms. The summed E-state index contributed by atoms with van der Waals surface area (Å²) in [5.41, 5.74) is 5.85. The van der Waals surface area contributed by atoms with Crippen molar-refractivity contribution in [3.05, 3.63) is 77.6 Å². The number of Topliss-reactive ketones (excluding diaryl/α,β-unsaturated/α-hetero) is 1. The van der Waals surface area contributed by atoms with E-state index in [1.165, 1.54) is 13.0 Å². The molecule has 7 nitrogen and oxygen atoms in total. The first-order chi connectivity index (χ1) is 17.8. The molecular weight excluding hydrogens is 470 g/mol. The minimum absolute atomic E-state index is 0.0678. The molecule has 1 amide bonds. The number of furan rings is 1. The van der Waals surface area contributed by atoms with Gasteiger partial charge in [0.15, 0.2) is 17.3 Å². The van der Waals surface area contributed by atoms with Crippen LogP contribution in [0.15, 0.2) is 65.3 Å². The Labute approximate surface area is 215 Å². The lowest BCUT2D eigenvalue weighted by atomic mass is 9.96. The van der Waals surface area contributed by atoms with Crippen LogP contribution in [0.1, 0.15) is 35.3 Å². The molecule has 0 saturated heterocycles. The summed E-state index contributed by atoms with van der Waals surface area (Å²) < 4.78 is 22.5. The van der Waals surface area contributed by atoms with Crippen LogP contribution in [0, 0.1) is 6.92 Å². The number of allylic oxidation sites excluding steroid dienone is 1. The molecule has 0 aliphatic heterocycles. The molecule has 7 heteroatoms. The molecule has 190 valence electrons. The van der Waals surface area contributed by atoms with Gasteiger partial charge in [-0.25, -0.2) is 0 Å². The molecule has 0 aliphatic carbocycles. The SMILES string of the molecule is COc1ccc(-c2coc3c(C)c(OC)c(/C(C)=C/C(=O)Nc4cccc(C(C)=O)c4)cc23)cc1OC. The first-order valence-electron chi connectivity index (χ1n) is 11.7. The van der Waals surface area contributed by atoms with E-state index in [2.05, 4.69) is 5.32 Å². The molecule has 3 aromatic carbocycles. The van der Waals surface area contributed by atoms with Crippen LogP contribution < -0.4 is 19.5 Å². The molecule has 1 heterocycles. The maximum atomic E-state index is 12.8. The van der Waals surface area contributed by atoms with E-state index in [-0.39, 0.29) is 11.7 Å². The van der Waals surface area contributed by atoms with Gasteiger partial charge in [-0.15, -0.1) is 0 Å². The fourth-order valence-electron chi connectivity index (χ4n) is 4.37. The van der Waals surface area contributed by atoms with Crippen molar-refractivity contribution >= 4 is 33.9 Å². The highest BCUT2D eigenvalue weighted by molar-refractivity contribution is 6.06. The number of carbonyl (C=O) groups excluding carboxylic acids is 2. The van der Waals surface area contributed by atoms with E-state index in [1.54, 1.807) is 51.9 Å². The van der Waals surface area contributed by atoms with Crippen LogP contribution in [0.5, 0.6) is 17.2 Å². The number of amides is 1. The Morgan fingerprint density at radius 3 is 2.35 bits per heavy atom. The van der Waals surface area contributed by atoms with Gasteiger partial charge >= 0.3 is 0 Å². The Hall–Kier alpha value is -4.52. The summed E-state index contributed by atoms with van der Waals surface area (Å²) in [6.45, 7) is 5.26. The highest BCUT2D eigenvalue weighted by Gasteiger charge is 2.19. The molecular formula is C30H29NO6. The van der Waals surface area contributed by atoms with E-state index >= 15 is 0 Å². The van der Waals surface area contributed by atoms with Crippen molar-refractivity contribution in [2.24, 2.45) is 0 Å². The molecule has 0 atom stereocenters. The lowest BCUT2D eigenvalue weighted by molar-refractivity contribution is -0.111. The summed E-state index contributed by atoms with van der Waals surface area (Å²) in [7, 11) is 4.78. The summed E-state index contributed by atoms with van der Waals surface area (Å²) in [4.78, 5) is 24.5. The van der Waals surface area contributed by atoms with Crippen LogP contribution in [0.2, 0.25) is 0 Å². The molecule has 0 fully saturated rings. The van der Waals surface area contributed by atoms with Crippen LogP contribution in [-0.2, 0) is 4.79 Å². The fraction of sp³-hybridized carbons (Fsp3) is 0.200. The third-order valence-electron chi connectivity index (χ3n) is 6.25. The second kappa shape index (κ2) is 10.6. The molecule has 0 radical (unpaired) electrons. The van der Waals surface area contributed by atoms with Crippen LogP contribution in [0.3, 0.4) is 0 Å². The molecule has 1 N–H and O–H groups in total. The maximum absolute atomic E-state index is 12.8. The molecule has 0 bridgehead atoms. The van der Waals surface area contributed by atoms with Gasteiger partial charge in [-0.1, -0.05) is 18.2 Å². The number of hydrogen-bond acceptors (Lipinski definition) is 6. The number of benzene rings is 3. The number of fused-ring (bicyclic) bond motifs is 1. The summed E-state index contributed by atoms with van der Waals surface area (Å²) >= 11 is 0. The third-order valence-corrected chi connectivity index (χ3v) is 6.25. The van der Waals surface area contributed by atoms with E-state index in [0.29, 0.717) is 39.7 Å². The Kier molecular flexibility index (Phi) is 7.34. The van der Waals surface area contributed by atoms with Crippen molar-refractivity contribution in [2.45, 2.75) is 20.8 Å². The molecule has 37 heavy (non-hydrogen) atoms. The normalized spacial score (nSPS) is 11.4. The Balaban J connectivity index is 1.75. The predicted molar refractivity (Wildman–Crippen MR) is 145 cm³/mol. The standard InChI is InChI=1S/C30H29NO6/c1-17(12-28(33)31-22-9-7-8-20(13-22)19(3)32)23-15-24-25(16-37-30(24)18(2)29(23)36-6)21-10-11-26(34-4)27(14-21)35-5/h7-16H,1-6H3,(H,31,33)/b17-12+. The summed E-state index contributed by atoms with van der Waals surface area (Å²) in [5, 5.41) is 3.71. The van der Waals surface area contributed by atoms with Crippen molar-refractivity contribution in [2.75, 3.05) is 26.6 Å². The van der Waals surface area contributed by atoms with Gasteiger partial charge in [-0.05, 0) is 62.2 Å². The van der Waals surface area contributed by atoms with Gasteiger partial charge in [0, 0.05) is 39.4 Å². The van der Waals surface area contributed by atoms with Crippen molar-refractivity contribution < 1.29 is 28.2 Å². The molecule has 1 aromatic heterocycles. The Morgan fingerprint density at radius 2 is 1.68 bits per heavy atom. The number of aryl methyl sites for hydroxylation is 1. The van der Waals surface area contributed by atoms with Crippen molar-refractivity contribution in [1.29, 1.82) is 0 Å². The van der Waals surface area contributed by atoms with Crippen molar-refractivity contribution in [3.8, 4) is 28.4 Å². The molecule has 0 aliphatic rings. The zero-order valence-corrected chi connectivity index (χ0v) is 21.7. The molecule has 4 aromatic rings. The minimum Gasteiger partial charge on any atom is -0.496 e. The topological polar surface area (TPSA) is 87.0 Å². The first-order valence-corrected chi connectivity index (χ1v) is 11.7. The fourth-order valence-corrected chi connectivity index (χ4v) is 4.37. The summed E-state index contributed by atoms with van der Waals surface area (Å²) in [6, 6.07) is 14.5. The number of ketones is 1. The maximum Gasteiger partial charge on any atom is 0.248 e. The van der Waals surface area contributed by atoms with Gasteiger partial charge in [-0.2, -0.15) is 0 Å². The Bertz CT molecular complexity index is 1530. The number of carbonyl (C=O) groups is 2. The second-order valence-corrected chi connectivity index (χ2v) is 8.63. The van der Waals surface area contributed by atoms with E-state index in [0.717, 1.165) is 27.6 Å². The monoisotopic (exact) mass is 499 g/mol. The molecule has 0 unspecified atom stereocenters. The first kappa shape index (κ1) is 25.6. The quantitative estimate of drug-likeness (QED) is 0.215. The van der Waals surface area contributed by atoms with Crippen LogP contribution in [-0.4, -0.2) is 33.0 Å². The zero-order valence-electron chi connectivity index (χ0n) is 21.7. The smallest absolute Gasteiger partial charge is 0.248 e. The van der Waals surface area contributed by atoms with E-state index in [1.807, 2.05) is 38.1 Å². The summed E-state index contributed by atoms with van der Waals surface area (Å²) in [6.07, 6.45) is 3.22. The van der Waals surface area contributed by atoms with E-state index < -0.39 is 0 Å². The van der Waals surface area contributed by atoms with Crippen molar-refractivity contribution in [3.63, 3.8) is 0 Å². The lowest BCUT2D eigenvalue weighted by Gasteiger charge is -2.14. The average molecular weight is 500 g/mol. The third kappa shape index (κ3) is 5.07. The molecule has 0 saturated carbocycles. The van der Waals surface area contributed by atoms with Gasteiger partial charge in [0.2, 0.25) is 5.91 Å². The predicted octanol–water partition coefficient (Wildman–Crippen LogP) is 6.68. The lowest BCUT2D eigenvalue weighted by Crippen LogP contribution is -2.09. The zero-order chi connectivity index (χ0) is 26.7. The average Bonchev–Trinajstić information content (AvgIpc) is 3.32. The van der Waals surface area contributed by atoms with E-state index in [9.17, 15) is 9.59 Å². The summed E-state index contributed by atoms with van der Waals surface area (Å²) in [5.74, 6) is 1.49. The van der Waals surface area contributed by atoms with Gasteiger partial charge < -0.3 is 23.9 Å². The second-order valence-electron chi connectivity index (χ2n) is 8.63.